The zero-order valence-electron chi connectivity index (χ0n) is 22.2. The fourth-order valence-electron chi connectivity index (χ4n) is 8.13. The van der Waals surface area contributed by atoms with Crippen molar-refractivity contribution >= 4 is 28.6 Å². The van der Waals surface area contributed by atoms with Crippen LogP contribution in [-0.2, 0) is 14.3 Å². The van der Waals surface area contributed by atoms with Crippen LogP contribution in [0.4, 0.5) is 4.39 Å². The number of aliphatic hydroxyl groups is 2. The maximum absolute atomic E-state index is 17.5. The van der Waals surface area contributed by atoms with Gasteiger partial charge in [0, 0.05) is 22.7 Å². The van der Waals surface area contributed by atoms with Crippen LogP contribution >= 0.6 is 11.8 Å². The number of esters is 1. The van der Waals surface area contributed by atoms with Crippen LogP contribution in [0, 0.1) is 40.4 Å². The molecule has 3 saturated carbocycles. The Hall–Kier alpha value is -2.67. The monoisotopic (exact) mass is 556 g/mol. The van der Waals surface area contributed by atoms with Gasteiger partial charge in [-0.25, -0.2) is 9.18 Å². The first kappa shape index (κ1) is 27.9. The lowest BCUT2D eigenvalue weighted by atomic mass is 9.45. The van der Waals surface area contributed by atoms with Crippen LogP contribution < -0.4 is 0 Å². The van der Waals surface area contributed by atoms with Crippen LogP contribution in [0.1, 0.15) is 57.0 Å². The Bertz CT molecular complexity index is 1310. The Morgan fingerprint density at radius 1 is 1.28 bits per heavy atom. The predicted molar refractivity (Wildman–Crippen MR) is 142 cm³/mol. The minimum Gasteiger partial charge on any atom is -0.457 e. The summed E-state index contributed by atoms with van der Waals surface area (Å²) < 4.78 is 28.9. The highest BCUT2D eigenvalue weighted by Gasteiger charge is 2.77. The minimum absolute atomic E-state index is 0.0559. The van der Waals surface area contributed by atoms with Crippen LogP contribution in [0.3, 0.4) is 0 Å². The SMILES string of the molecule is C[C@@H]1CC2C3CCC4=CC(=O)C=CC4(C)[C@@]3(F)C(O)CC2(C)[C@@]1(OC(=O)c1ccco1)C(=O)SCC#CCO. The summed E-state index contributed by atoms with van der Waals surface area (Å²) in [5.41, 5.74) is -5.32. The average Bonchev–Trinajstić information content (AvgIpc) is 3.50. The van der Waals surface area contributed by atoms with Gasteiger partial charge >= 0.3 is 5.97 Å². The van der Waals surface area contributed by atoms with Crippen molar-refractivity contribution in [3.8, 4) is 11.8 Å². The maximum Gasteiger partial charge on any atom is 0.375 e. The van der Waals surface area contributed by atoms with Crippen LogP contribution in [0.5, 0.6) is 0 Å². The van der Waals surface area contributed by atoms with Crippen molar-refractivity contribution in [1.29, 1.82) is 0 Å². The molecule has 208 valence electrons. The third kappa shape index (κ3) is 3.82. The Kier molecular flexibility index (Phi) is 6.97. The van der Waals surface area contributed by atoms with Crippen molar-refractivity contribution in [3.05, 3.63) is 48.0 Å². The van der Waals surface area contributed by atoms with Crippen LogP contribution in [0.15, 0.2) is 46.6 Å². The van der Waals surface area contributed by atoms with Gasteiger partial charge in [-0.1, -0.05) is 49.1 Å². The van der Waals surface area contributed by atoms with Gasteiger partial charge < -0.3 is 19.4 Å². The lowest BCUT2D eigenvalue weighted by molar-refractivity contribution is -0.216. The molecule has 0 bridgehead atoms. The first-order valence-corrected chi connectivity index (χ1v) is 14.3. The van der Waals surface area contributed by atoms with Gasteiger partial charge in [-0.15, -0.1) is 0 Å². The van der Waals surface area contributed by atoms with E-state index in [0.29, 0.717) is 24.8 Å². The van der Waals surface area contributed by atoms with E-state index >= 15 is 4.39 Å². The van der Waals surface area contributed by atoms with Crippen molar-refractivity contribution in [1.82, 2.24) is 0 Å². The summed E-state index contributed by atoms with van der Waals surface area (Å²) >= 11 is 0.892. The lowest BCUT2D eigenvalue weighted by Gasteiger charge is -2.62. The van der Waals surface area contributed by atoms with Crippen molar-refractivity contribution in [2.75, 3.05) is 12.4 Å². The molecule has 2 N–H and O–H groups in total. The second-order valence-corrected chi connectivity index (χ2v) is 12.5. The van der Waals surface area contributed by atoms with E-state index in [9.17, 15) is 19.5 Å². The number of hydrogen-bond acceptors (Lipinski definition) is 8. The maximum atomic E-state index is 17.5. The number of carbonyl (C=O) groups is 3. The minimum atomic E-state index is -2.07. The van der Waals surface area contributed by atoms with Crippen molar-refractivity contribution in [3.63, 3.8) is 0 Å². The standard InChI is InChI=1S/C30H33FO7S/c1-18-15-22-21-9-8-19-16-20(33)10-11-27(19,2)29(21,31)24(34)17-28(22,3)30(18,26(36)39-14-5-4-12-32)38-25(35)23-7-6-13-37-23/h6-7,10-11,13,16,18,21-22,24,32,34H,8-9,12,14-15,17H2,1-3H3/t18-,21?,22?,24?,27?,28?,29+,30+/m1/s1. The number of rotatable bonds is 4. The van der Waals surface area contributed by atoms with Crippen molar-refractivity contribution in [2.24, 2.45) is 28.6 Å². The molecule has 4 aliphatic rings. The fourth-order valence-corrected chi connectivity index (χ4v) is 9.13. The molecule has 0 amide bonds. The summed E-state index contributed by atoms with van der Waals surface area (Å²) in [7, 11) is 0. The molecule has 0 aromatic carbocycles. The second-order valence-electron chi connectivity index (χ2n) is 11.6. The molecule has 1 heterocycles. The number of furan rings is 1. The molecular weight excluding hydrogens is 523 g/mol. The van der Waals surface area contributed by atoms with E-state index in [1.807, 2.05) is 13.8 Å². The molecule has 39 heavy (non-hydrogen) atoms. The molecular formula is C30H33FO7S. The summed E-state index contributed by atoms with van der Waals surface area (Å²) in [5, 5.41) is 20.2. The zero-order valence-corrected chi connectivity index (χ0v) is 23.1. The number of ketones is 1. The molecule has 3 fully saturated rings. The molecule has 4 aliphatic carbocycles. The molecule has 5 unspecified atom stereocenters. The average molecular weight is 557 g/mol. The van der Waals surface area contributed by atoms with Crippen LogP contribution in [0.2, 0.25) is 0 Å². The first-order chi connectivity index (χ1) is 18.5. The van der Waals surface area contributed by atoms with Gasteiger partial charge in [0.15, 0.2) is 17.1 Å². The number of fused-ring (bicyclic) bond motifs is 5. The number of ether oxygens (including phenoxy) is 1. The third-order valence-electron chi connectivity index (χ3n) is 9.94. The van der Waals surface area contributed by atoms with Crippen LogP contribution in [0.25, 0.3) is 0 Å². The van der Waals surface area contributed by atoms with E-state index in [-0.39, 0.29) is 36.2 Å². The summed E-state index contributed by atoms with van der Waals surface area (Å²) in [4.78, 5) is 39.5. The highest BCUT2D eigenvalue weighted by molar-refractivity contribution is 8.14. The smallest absolute Gasteiger partial charge is 0.375 e. The summed E-state index contributed by atoms with van der Waals surface area (Å²) in [5.74, 6) is 2.76. The molecule has 0 aliphatic heterocycles. The van der Waals surface area contributed by atoms with Gasteiger partial charge in [0.25, 0.3) is 0 Å². The molecule has 5 rings (SSSR count). The van der Waals surface area contributed by atoms with Crippen LogP contribution in [-0.4, -0.2) is 56.8 Å². The predicted octanol–water partition coefficient (Wildman–Crippen LogP) is 4.05. The topological polar surface area (TPSA) is 114 Å². The van der Waals surface area contributed by atoms with E-state index in [1.165, 1.54) is 24.5 Å². The Balaban J connectivity index is 1.59. The van der Waals surface area contributed by atoms with E-state index in [2.05, 4.69) is 11.8 Å². The van der Waals surface area contributed by atoms with E-state index in [1.54, 1.807) is 19.1 Å². The second kappa shape index (κ2) is 9.76. The number of thioether (sulfide) groups is 1. The normalized spacial score (nSPS) is 40.5. The quantitative estimate of drug-likeness (QED) is 0.422. The molecule has 7 nitrogen and oxygen atoms in total. The summed E-state index contributed by atoms with van der Waals surface area (Å²) in [6, 6.07) is 3.00. The van der Waals surface area contributed by atoms with Gasteiger partial charge in [-0.05, 0) is 62.8 Å². The Morgan fingerprint density at radius 2 is 2.05 bits per heavy atom. The number of allylic oxidation sites excluding steroid dienone is 4. The number of alkyl halides is 1. The molecule has 0 radical (unpaired) electrons. The molecule has 0 spiro atoms. The number of hydrogen-bond donors (Lipinski definition) is 2. The van der Waals surface area contributed by atoms with Crippen molar-refractivity contribution < 1.29 is 38.1 Å². The largest absolute Gasteiger partial charge is 0.457 e. The molecule has 1 aromatic heterocycles. The highest BCUT2D eigenvalue weighted by Crippen LogP contribution is 2.71. The molecule has 9 heteroatoms. The molecule has 1 aromatic rings. The molecule has 0 saturated heterocycles. The van der Waals surface area contributed by atoms with Gasteiger partial charge in [0.05, 0.1) is 18.1 Å². The van der Waals surface area contributed by atoms with Gasteiger partial charge in [-0.2, -0.15) is 0 Å². The first-order valence-electron chi connectivity index (χ1n) is 13.3. The van der Waals surface area contributed by atoms with Crippen molar-refractivity contribution in [2.45, 2.75) is 63.8 Å². The van der Waals surface area contributed by atoms with Gasteiger partial charge in [-0.3, -0.25) is 9.59 Å². The zero-order chi connectivity index (χ0) is 28.2. The number of carbonyl (C=O) groups excluding carboxylic acids is 3. The van der Waals surface area contributed by atoms with E-state index < -0.39 is 51.1 Å². The Labute approximate surface area is 231 Å². The molecule has 8 atom stereocenters. The third-order valence-corrected chi connectivity index (χ3v) is 10.8. The van der Waals surface area contributed by atoms with E-state index in [4.69, 9.17) is 14.3 Å². The van der Waals surface area contributed by atoms with Gasteiger partial charge in [0.2, 0.25) is 10.9 Å². The Morgan fingerprint density at radius 3 is 2.74 bits per heavy atom. The summed E-state index contributed by atoms with van der Waals surface area (Å²) in [6.07, 6.45) is 5.50. The number of halogens is 1. The summed E-state index contributed by atoms with van der Waals surface area (Å²) in [6.45, 7) is 5.05. The van der Waals surface area contributed by atoms with E-state index in [0.717, 1.165) is 11.8 Å². The number of aliphatic hydroxyl groups excluding tert-OH is 2. The highest BCUT2D eigenvalue weighted by atomic mass is 32.2. The lowest BCUT2D eigenvalue weighted by Crippen LogP contribution is -2.69. The fraction of sp³-hybridized carbons (Fsp3) is 0.567. The van der Waals surface area contributed by atoms with Gasteiger partial charge in [0.1, 0.15) is 6.61 Å².